The van der Waals surface area contributed by atoms with E-state index in [1.54, 1.807) is 13.0 Å². The molecule has 0 radical (unpaired) electrons. The van der Waals surface area contributed by atoms with Gasteiger partial charge in [-0.05, 0) is 40.5 Å². The van der Waals surface area contributed by atoms with E-state index in [1.165, 1.54) is 10.4 Å². The number of ether oxygens (including phenoxy) is 1. The fraction of sp³-hybridized carbons (Fsp3) is 0.417. The van der Waals surface area contributed by atoms with E-state index < -0.39 is 16.1 Å². The van der Waals surface area contributed by atoms with E-state index in [9.17, 15) is 8.42 Å². The molecule has 20 heavy (non-hydrogen) atoms. The van der Waals surface area contributed by atoms with E-state index in [0.29, 0.717) is 15.7 Å². The van der Waals surface area contributed by atoms with Crippen molar-refractivity contribution in [2.75, 3.05) is 25.4 Å². The Balaban J connectivity index is 2.40. The Bertz CT molecular complexity index is 669. The van der Waals surface area contributed by atoms with Crippen LogP contribution in [0.25, 0.3) is 0 Å². The number of nitriles is 1. The molecule has 1 aromatic carbocycles. The lowest BCUT2D eigenvalue weighted by Crippen LogP contribution is -2.45. The van der Waals surface area contributed by atoms with Crippen molar-refractivity contribution in [3.8, 4) is 6.07 Å². The molecular formula is C12H14BrN3O3S. The number of morpholine rings is 1. The number of nitrogens with two attached hydrogens (primary N) is 1. The lowest BCUT2D eigenvalue weighted by atomic mass is 10.2. The van der Waals surface area contributed by atoms with Crippen LogP contribution in [0.3, 0.4) is 0 Å². The monoisotopic (exact) mass is 359 g/mol. The molecule has 1 fully saturated rings. The zero-order chi connectivity index (χ0) is 14.9. The van der Waals surface area contributed by atoms with Crippen LogP contribution >= 0.6 is 15.9 Å². The average Bonchev–Trinajstić information content (AvgIpc) is 2.42. The molecule has 0 bridgehead atoms. The molecule has 1 unspecified atom stereocenters. The first-order valence-corrected chi connectivity index (χ1v) is 8.16. The van der Waals surface area contributed by atoms with Crippen molar-refractivity contribution < 1.29 is 13.2 Å². The van der Waals surface area contributed by atoms with Crippen molar-refractivity contribution >= 4 is 31.6 Å². The van der Waals surface area contributed by atoms with Gasteiger partial charge >= 0.3 is 0 Å². The van der Waals surface area contributed by atoms with Gasteiger partial charge in [-0.1, -0.05) is 0 Å². The Kier molecular flexibility index (Phi) is 4.34. The highest BCUT2D eigenvalue weighted by molar-refractivity contribution is 9.10. The molecule has 1 atom stereocenters. The Labute approximate surface area is 126 Å². The first kappa shape index (κ1) is 15.3. The van der Waals surface area contributed by atoms with Crippen LogP contribution in [-0.4, -0.2) is 38.5 Å². The van der Waals surface area contributed by atoms with Crippen molar-refractivity contribution in [1.29, 1.82) is 5.26 Å². The SMILES string of the molecule is Cc1cc(Br)c(N)cc1S(=O)(=O)N1CCOC(C#N)C1. The fourth-order valence-corrected chi connectivity index (χ4v) is 4.13. The Morgan fingerprint density at radius 1 is 1.55 bits per heavy atom. The van der Waals surface area contributed by atoms with E-state index in [4.69, 9.17) is 15.7 Å². The van der Waals surface area contributed by atoms with E-state index in [-0.39, 0.29) is 24.6 Å². The van der Waals surface area contributed by atoms with E-state index >= 15 is 0 Å². The van der Waals surface area contributed by atoms with E-state index in [1.807, 2.05) is 6.07 Å². The summed E-state index contributed by atoms with van der Waals surface area (Å²) in [5.74, 6) is 0. The Hall–Kier alpha value is -1.14. The summed E-state index contributed by atoms with van der Waals surface area (Å²) in [5, 5.41) is 8.86. The normalized spacial score (nSPS) is 20.6. The van der Waals surface area contributed by atoms with Gasteiger partial charge in [0.25, 0.3) is 0 Å². The van der Waals surface area contributed by atoms with Gasteiger partial charge < -0.3 is 10.5 Å². The topological polar surface area (TPSA) is 96.4 Å². The van der Waals surface area contributed by atoms with Gasteiger partial charge in [-0.3, -0.25) is 0 Å². The standard InChI is InChI=1S/C12H14BrN3O3S/c1-8-4-10(13)11(15)5-12(8)20(17,18)16-2-3-19-9(6-14)7-16/h4-5,9H,2-3,7,15H2,1H3. The molecule has 1 heterocycles. The smallest absolute Gasteiger partial charge is 0.243 e. The summed E-state index contributed by atoms with van der Waals surface area (Å²) in [6, 6.07) is 5.04. The zero-order valence-electron chi connectivity index (χ0n) is 10.8. The Morgan fingerprint density at radius 3 is 2.90 bits per heavy atom. The predicted molar refractivity (Wildman–Crippen MR) is 77.4 cm³/mol. The number of hydrogen-bond donors (Lipinski definition) is 1. The number of benzene rings is 1. The van der Waals surface area contributed by atoms with Crippen molar-refractivity contribution in [1.82, 2.24) is 4.31 Å². The Morgan fingerprint density at radius 2 is 2.25 bits per heavy atom. The molecule has 0 saturated carbocycles. The number of hydrogen-bond acceptors (Lipinski definition) is 5. The molecular weight excluding hydrogens is 346 g/mol. The van der Waals surface area contributed by atoms with Crippen LogP contribution in [0.2, 0.25) is 0 Å². The molecule has 1 saturated heterocycles. The first-order valence-electron chi connectivity index (χ1n) is 5.93. The molecule has 0 aromatic heterocycles. The highest BCUT2D eigenvalue weighted by atomic mass is 79.9. The second-order valence-corrected chi connectivity index (χ2v) is 7.25. The molecule has 8 heteroatoms. The summed E-state index contributed by atoms with van der Waals surface area (Å²) in [6.45, 7) is 2.19. The molecule has 1 aliphatic rings. The number of sulfonamides is 1. The van der Waals surface area contributed by atoms with Crippen molar-refractivity contribution in [3.63, 3.8) is 0 Å². The van der Waals surface area contributed by atoms with Gasteiger partial charge in [0, 0.05) is 16.7 Å². The minimum absolute atomic E-state index is 0.0360. The van der Waals surface area contributed by atoms with Gasteiger partial charge in [0.1, 0.15) is 0 Å². The lowest BCUT2D eigenvalue weighted by Gasteiger charge is -2.29. The number of anilines is 1. The van der Waals surface area contributed by atoms with Crippen LogP contribution in [0.1, 0.15) is 5.56 Å². The first-order chi connectivity index (χ1) is 9.36. The van der Waals surface area contributed by atoms with E-state index in [0.717, 1.165) is 0 Å². The van der Waals surface area contributed by atoms with Crippen LogP contribution < -0.4 is 5.73 Å². The summed E-state index contributed by atoms with van der Waals surface area (Å²) in [6.07, 6.45) is -0.730. The molecule has 1 aromatic rings. The summed E-state index contributed by atoms with van der Waals surface area (Å²) in [4.78, 5) is 0.164. The van der Waals surface area contributed by atoms with Crippen LogP contribution in [0.4, 0.5) is 5.69 Å². The molecule has 1 aliphatic heterocycles. The van der Waals surface area contributed by atoms with Crippen LogP contribution in [0.5, 0.6) is 0 Å². The summed E-state index contributed by atoms with van der Waals surface area (Å²) >= 11 is 3.27. The molecule has 0 aliphatic carbocycles. The average molecular weight is 360 g/mol. The number of nitrogen functional groups attached to an aromatic ring is 1. The number of rotatable bonds is 2. The van der Waals surface area contributed by atoms with Crippen LogP contribution in [0, 0.1) is 18.3 Å². The van der Waals surface area contributed by atoms with Crippen molar-refractivity contribution in [2.24, 2.45) is 0 Å². The predicted octanol–water partition coefficient (Wildman–Crippen LogP) is 1.25. The minimum Gasteiger partial charge on any atom is -0.398 e. The summed E-state index contributed by atoms with van der Waals surface area (Å²) in [7, 11) is -3.67. The third kappa shape index (κ3) is 2.81. The second-order valence-electron chi connectivity index (χ2n) is 4.49. The van der Waals surface area contributed by atoms with Crippen LogP contribution in [0.15, 0.2) is 21.5 Å². The van der Waals surface area contributed by atoms with Crippen molar-refractivity contribution in [2.45, 2.75) is 17.9 Å². The molecule has 2 N–H and O–H groups in total. The molecule has 108 valence electrons. The third-order valence-corrected chi connectivity index (χ3v) is 5.78. The molecule has 6 nitrogen and oxygen atoms in total. The van der Waals surface area contributed by atoms with Gasteiger partial charge in [-0.15, -0.1) is 0 Å². The van der Waals surface area contributed by atoms with Gasteiger partial charge in [-0.25, -0.2) is 8.42 Å². The van der Waals surface area contributed by atoms with Gasteiger partial charge in [0.05, 0.1) is 24.1 Å². The van der Waals surface area contributed by atoms with Crippen LogP contribution in [-0.2, 0) is 14.8 Å². The highest BCUT2D eigenvalue weighted by Gasteiger charge is 2.32. The minimum atomic E-state index is -3.67. The largest absolute Gasteiger partial charge is 0.398 e. The van der Waals surface area contributed by atoms with E-state index in [2.05, 4.69) is 15.9 Å². The number of nitrogens with zero attached hydrogens (tertiary/aromatic N) is 2. The number of halogens is 1. The maximum Gasteiger partial charge on any atom is 0.243 e. The maximum atomic E-state index is 12.6. The van der Waals surface area contributed by atoms with Crippen molar-refractivity contribution in [3.05, 3.63) is 22.2 Å². The summed E-state index contributed by atoms with van der Waals surface area (Å²) < 4.78 is 32.3. The molecule has 0 spiro atoms. The second kappa shape index (κ2) is 5.69. The quantitative estimate of drug-likeness (QED) is 0.801. The van der Waals surface area contributed by atoms with Gasteiger partial charge in [0.2, 0.25) is 10.0 Å². The lowest BCUT2D eigenvalue weighted by molar-refractivity contribution is 0.0311. The van der Waals surface area contributed by atoms with Gasteiger partial charge in [-0.2, -0.15) is 9.57 Å². The fourth-order valence-electron chi connectivity index (χ4n) is 2.01. The summed E-state index contributed by atoms with van der Waals surface area (Å²) in [5.41, 5.74) is 6.73. The van der Waals surface area contributed by atoms with Gasteiger partial charge in [0.15, 0.2) is 6.10 Å². The molecule has 0 amide bonds. The molecule has 2 rings (SSSR count). The third-order valence-electron chi connectivity index (χ3n) is 3.09. The number of aryl methyl sites for hydroxylation is 1. The zero-order valence-corrected chi connectivity index (χ0v) is 13.2. The maximum absolute atomic E-state index is 12.6. The highest BCUT2D eigenvalue weighted by Crippen LogP contribution is 2.29.